The molecule has 0 aliphatic heterocycles. The zero-order valence-electron chi connectivity index (χ0n) is 8.27. The summed E-state index contributed by atoms with van der Waals surface area (Å²) in [4.78, 5) is 7.82. The summed E-state index contributed by atoms with van der Waals surface area (Å²) in [5, 5.41) is 0. The molecule has 5 heteroatoms. The predicted molar refractivity (Wildman–Crippen MR) is 67.2 cm³/mol. The Bertz CT molecular complexity index is 490. The van der Waals surface area contributed by atoms with Gasteiger partial charge < -0.3 is 5.73 Å². The van der Waals surface area contributed by atoms with Gasteiger partial charge in [-0.15, -0.1) is 0 Å². The van der Waals surface area contributed by atoms with Crippen molar-refractivity contribution in [2.75, 3.05) is 0 Å². The topological polar surface area (TPSA) is 51.8 Å². The molecule has 16 heavy (non-hydrogen) atoms. The van der Waals surface area contributed by atoms with Crippen LogP contribution in [0.4, 0.5) is 4.39 Å². The molecule has 0 aliphatic carbocycles. The van der Waals surface area contributed by atoms with Crippen LogP contribution in [0, 0.1) is 9.39 Å². The smallest absolute Gasteiger partial charge is 0.124 e. The van der Waals surface area contributed by atoms with Crippen molar-refractivity contribution in [1.82, 2.24) is 9.97 Å². The molecule has 1 atom stereocenters. The summed E-state index contributed by atoms with van der Waals surface area (Å²) in [5.74, 6) is -0.260. The number of hydrogen-bond acceptors (Lipinski definition) is 3. The molecular weight excluding hydrogens is 320 g/mol. The molecule has 2 rings (SSSR count). The van der Waals surface area contributed by atoms with Crippen molar-refractivity contribution < 1.29 is 4.39 Å². The Balaban J connectivity index is 2.38. The van der Waals surface area contributed by atoms with Gasteiger partial charge in [-0.2, -0.15) is 0 Å². The summed E-state index contributed by atoms with van der Waals surface area (Å²) >= 11 is 2.07. The standard InChI is InChI=1S/C11H9FIN3/c12-8-1-2-9(10(13)3-8)11(14)7-4-15-6-16-5-7/h1-6,11H,14H2. The zero-order valence-corrected chi connectivity index (χ0v) is 10.4. The Morgan fingerprint density at radius 2 is 1.94 bits per heavy atom. The van der Waals surface area contributed by atoms with E-state index in [1.54, 1.807) is 18.5 Å². The average molecular weight is 329 g/mol. The molecule has 1 aromatic carbocycles. The van der Waals surface area contributed by atoms with Crippen LogP contribution in [0.2, 0.25) is 0 Å². The molecule has 1 unspecified atom stereocenters. The van der Waals surface area contributed by atoms with E-state index in [1.807, 2.05) is 0 Å². The van der Waals surface area contributed by atoms with E-state index in [-0.39, 0.29) is 11.9 Å². The quantitative estimate of drug-likeness (QED) is 0.860. The summed E-state index contributed by atoms with van der Waals surface area (Å²) in [6.45, 7) is 0. The summed E-state index contributed by atoms with van der Waals surface area (Å²) in [5.41, 5.74) is 7.74. The normalized spacial score (nSPS) is 12.4. The number of rotatable bonds is 2. The third kappa shape index (κ3) is 2.35. The predicted octanol–water partition coefficient (Wildman–Crippen LogP) is 2.27. The van der Waals surface area contributed by atoms with Crippen molar-refractivity contribution in [3.63, 3.8) is 0 Å². The minimum Gasteiger partial charge on any atom is -0.320 e. The first-order valence-electron chi connectivity index (χ1n) is 4.64. The summed E-state index contributed by atoms with van der Waals surface area (Å²) < 4.78 is 13.7. The van der Waals surface area contributed by atoms with Crippen LogP contribution in [-0.4, -0.2) is 9.97 Å². The van der Waals surface area contributed by atoms with E-state index in [9.17, 15) is 4.39 Å². The highest BCUT2D eigenvalue weighted by molar-refractivity contribution is 14.1. The fourth-order valence-corrected chi connectivity index (χ4v) is 2.22. The highest BCUT2D eigenvalue weighted by Gasteiger charge is 2.12. The van der Waals surface area contributed by atoms with Gasteiger partial charge in [-0.3, -0.25) is 0 Å². The fourth-order valence-electron chi connectivity index (χ4n) is 1.40. The second-order valence-electron chi connectivity index (χ2n) is 3.32. The monoisotopic (exact) mass is 329 g/mol. The van der Waals surface area contributed by atoms with E-state index in [4.69, 9.17) is 5.73 Å². The Kier molecular flexibility index (Phi) is 3.45. The van der Waals surface area contributed by atoms with Gasteiger partial charge in [0.15, 0.2) is 0 Å². The van der Waals surface area contributed by atoms with Gasteiger partial charge in [-0.25, -0.2) is 14.4 Å². The van der Waals surface area contributed by atoms with Crippen LogP contribution in [0.25, 0.3) is 0 Å². The molecule has 1 heterocycles. The third-order valence-electron chi connectivity index (χ3n) is 2.24. The lowest BCUT2D eigenvalue weighted by atomic mass is 10.0. The molecule has 82 valence electrons. The van der Waals surface area contributed by atoms with E-state index in [0.717, 1.165) is 14.7 Å². The molecule has 0 spiro atoms. The maximum absolute atomic E-state index is 12.9. The van der Waals surface area contributed by atoms with Gasteiger partial charge in [0.25, 0.3) is 0 Å². The van der Waals surface area contributed by atoms with Gasteiger partial charge in [0.05, 0.1) is 6.04 Å². The van der Waals surface area contributed by atoms with Crippen molar-refractivity contribution in [2.24, 2.45) is 5.73 Å². The van der Waals surface area contributed by atoms with Gasteiger partial charge in [0.2, 0.25) is 0 Å². The second-order valence-corrected chi connectivity index (χ2v) is 4.48. The SMILES string of the molecule is NC(c1cncnc1)c1ccc(F)cc1I. The average Bonchev–Trinajstić information content (AvgIpc) is 2.29. The Morgan fingerprint density at radius 3 is 2.56 bits per heavy atom. The fraction of sp³-hybridized carbons (Fsp3) is 0.0909. The first-order valence-corrected chi connectivity index (χ1v) is 5.72. The minimum atomic E-state index is -0.325. The molecule has 0 amide bonds. The summed E-state index contributed by atoms with van der Waals surface area (Å²) in [6, 6.07) is 4.23. The van der Waals surface area contributed by atoms with Crippen LogP contribution in [0.15, 0.2) is 36.9 Å². The van der Waals surface area contributed by atoms with Crippen LogP contribution >= 0.6 is 22.6 Å². The van der Waals surface area contributed by atoms with E-state index in [2.05, 4.69) is 32.6 Å². The molecule has 2 N–H and O–H groups in total. The lowest BCUT2D eigenvalue weighted by Gasteiger charge is -2.13. The number of benzene rings is 1. The molecule has 0 fully saturated rings. The lowest BCUT2D eigenvalue weighted by Crippen LogP contribution is -2.14. The van der Waals surface area contributed by atoms with Crippen molar-refractivity contribution in [3.8, 4) is 0 Å². The van der Waals surface area contributed by atoms with Crippen LogP contribution in [0.1, 0.15) is 17.2 Å². The number of hydrogen-bond donors (Lipinski definition) is 1. The first-order chi connectivity index (χ1) is 7.68. The number of halogens is 2. The largest absolute Gasteiger partial charge is 0.320 e. The summed E-state index contributed by atoms with van der Waals surface area (Å²) in [6.07, 6.45) is 4.78. The first kappa shape index (κ1) is 11.4. The molecule has 0 bridgehead atoms. The van der Waals surface area contributed by atoms with Crippen molar-refractivity contribution in [3.05, 3.63) is 57.4 Å². The number of aromatic nitrogens is 2. The Morgan fingerprint density at radius 1 is 1.25 bits per heavy atom. The third-order valence-corrected chi connectivity index (χ3v) is 3.17. The van der Waals surface area contributed by atoms with Crippen molar-refractivity contribution in [1.29, 1.82) is 0 Å². The van der Waals surface area contributed by atoms with Gasteiger partial charge >= 0.3 is 0 Å². The molecule has 2 aromatic rings. The van der Waals surface area contributed by atoms with Gasteiger partial charge in [0.1, 0.15) is 12.1 Å². The Hall–Kier alpha value is -1.08. The molecule has 0 saturated heterocycles. The maximum atomic E-state index is 12.9. The maximum Gasteiger partial charge on any atom is 0.124 e. The van der Waals surface area contributed by atoms with Crippen LogP contribution in [0.3, 0.4) is 0 Å². The van der Waals surface area contributed by atoms with E-state index < -0.39 is 0 Å². The summed E-state index contributed by atoms with van der Waals surface area (Å²) in [7, 11) is 0. The van der Waals surface area contributed by atoms with Gasteiger partial charge in [-0.05, 0) is 40.3 Å². The van der Waals surface area contributed by atoms with Crippen LogP contribution in [0.5, 0.6) is 0 Å². The van der Waals surface area contributed by atoms with Crippen LogP contribution < -0.4 is 5.73 Å². The Labute approximate surface area is 106 Å². The molecule has 1 aromatic heterocycles. The van der Waals surface area contributed by atoms with E-state index in [0.29, 0.717) is 0 Å². The van der Waals surface area contributed by atoms with Crippen molar-refractivity contribution >= 4 is 22.6 Å². The number of nitrogens with zero attached hydrogens (tertiary/aromatic N) is 2. The minimum absolute atomic E-state index is 0.260. The van der Waals surface area contributed by atoms with Gasteiger partial charge in [0, 0.05) is 21.5 Å². The van der Waals surface area contributed by atoms with E-state index >= 15 is 0 Å². The van der Waals surface area contributed by atoms with E-state index in [1.165, 1.54) is 18.5 Å². The molecular formula is C11H9FIN3. The molecule has 0 radical (unpaired) electrons. The van der Waals surface area contributed by atoms with Crippen LogP contribution in [-0.2, 0) is 0 Å². The highest BCUT2D eigenvalue weighted by Crippen LogP contribution is 2.23. The molecule has 0 saturated carbocycles. The van der Waals surface area contributed by atoms with Gasteiger partial charge in [-0.1, -0.05) is 6.07 Å². The highest BCUT2D eigenvalue weighted by atomic mass is 127. The molecule has 0 aliphatic rings. The molecule has 3 nitrogen and oxygen atoms in total. The van der Waals surface area contributed by atoms with Crippen molar-refractivity contribution in [2.45, 2.75) is 6.04 Å². The zero-order chi connectivity index (χ0) is 11.5. The number of nitrogens with two attached hydrogens (primary N) is 1. The lowest BCUT2D eigenvalue weighted by molar-refractivity contribution is 0.625. The second kappa shape index (κ2) is 4.84.